The van der Waals surface area contributed by atoms with Crippen molar-refractivity contribution < 1.29 is 33.3 Å². The first-order valence-corrected chi connectivity index (χ1v) is 9.05. The zero-order valence-corrected chi connectivity index (χ0v) is 14.5. The van der Waals surface area contributed by atoms with Crippen molar-refractivity contribution in [3.05, 3.63) is 11.6 Å². The molecule has 3 heterocycles. The predicted molar refractivity (Wildman–Crippen MR) is 84.5 cm³/mol. The van der Waals surface area contributed by atoms with Gasteiger partial charge in [0.05, 0.1) is 26.4 Å². The van der Waals surface area contributed by atoms with Gasteiger partial charge in [0, 0.05) is 24.8 Å². The highest BCUT2D eigenvalue weighted by molar-refractivity contribution is 6.03. The van der Waals surface area contributed by atoms with E-state index in [0.29, 0.717) is 31.6 Å². The molecule has 0 bridgehead atoms. The number of ketones is 1. The molecule has 0 aromatic rings. The molecule has 1 aliphatic carbocycles. The van der Waals surface area contributed by atoms with Crippen molar-refractivity contribution in [1.29, 1.82) is 0 Å². The first-order valence-electron chi connectivity index (χ1n) is 9.05. The van der Waals surface area contributed by atoms with Gasteiger partial charge in [0.15, 0.2) is 5.78 Å². The molecule has 3 saturated heterocycles. The van der Waals surface area contributed by atoms with Gasteiger partial charge in [-0.3, -0.25) is 4.79 Å². The summed E-state index contributed by atoms with van der Waals surface area (Å²) in [5.41, 5.74) is 0.309. The molecule has 4 atom stereocenters. The van der Waals surface area contributed by atoms with Crippen LogP contribution in [0.1, 0.15) is 44.9 Å². The Morgan fingerprint density at radius 2 is 1.72 bits per heavy atom. The van der Waals surface area contributed by atoms with E-state index in [2.05, 4.69) is 0 Å². The summed E-state index contributed by atoms with van der Waals surface area (Å²) < 4.78 is 29.5. The van der Waals surface area contributed by atoms with Gasteiger partial charge in [-0.1, -0.05) is 0 Å². The molecule has 138 valence electrons. The molecule has 3 fully saturated rings. The molecule has 25 heavy (non-hydrogen) atoms. The first-order chi connectivity index (χ1) is 12.1. The molecule has 4 rings (SSSR count). The molecule has 0 amide bonds. The van der Waals surface area contributed by atoms with Crippen LogP contribution in [0.15, 0.2) is 11.6 Å². The lowest BCUT2D eigenvalue weighted by molar-refractivity contribution is -0.475. The van der Waals surface area contributed by atoms with Crippen LogP contribution in [0.3, 0.4) is 0 Å². The summed E-state index contributed by atoms with van der Waals surface area (Å²) in [6.07, 6.45) is 5.32. The summed E-state index contributed by atoms with van der Waals surface area (Å²) in [5, 5.41) is 0. The maximum atomic E-state index is 12.6. The van der Waals surface area contributed by atoms with Crippen LogP contribution < -0.4 is 0 Å². The SMILES string of the molecule is COC(=O)C1=CC(=O)[C@@H]2O[C@]3(CCCCO3)[C@@]3(CCCCO3)O[C@H]2C1. The summed E-state index contributed by atoms with van der Waals surface area (Å²) in [6, 6.07) is 0. The van der Waals surface area contributed by atoms with Gasteiger partial charge in [-0.15, -0.1) is 0 Å². The number of carbonyl (C=O) groups is 2. The third-order valence-corrected chi connectivity index (χ3v) is 5.51. The highest BCUT2D eigenvalue weighted by atomic mass is 16.8. The predicted octanol–water partition coefficient (Wildman–Crippen LogP) is 1.64. The Balaban J connectivity index is 1.67. The lowest BCUT2D eigenvalue weighted by atomic mass is 9.85. The smallest absolute Gasteiger partial charge is 0.333 e. The lowest BCUT2D eigenvalue weighted by Crippen LogP contribution is -2.71. The van der Waals surface area contributed by atoms with Gasteiger partial charge in [0.25, 0.3) is 0 Å². The Bertz CT molecular complexity index is 584. The molecule has 3 aliphatic heterocycles. The minimum Gasteiger partial charge on any atom is -0.466 e. The van der Waals surface area contributed by atoms with Crippen LogP contribution in [-0.2, 0) is 33.3 Å². The van der Waals surface area contributed by atoms with Crippen LogP contribution in [0.25, 0.3) is 0 Å². The molecule has 7 heteroatoms. The Morgan fingerprint density at radius 1 is 1.08 bits per heavy atom. The minimum absolute atomic E-state index is 0.268. The second-order valence-corrected chi connectivity index (χ2v) is 7.08. The summed E-state index contributed by atoms with van der Waals surface area (Å²) in [6.45, 7) is 1.13. The second-order valence-electron chi connectivity index (χ2n) is 7.08. The zero-order valence-electron chi connectivity index (χ0n) is 14.5. The monoisotopic (exact) mass is 352 g/mol. The van der Waals surface area contributed by atoms with Gasteiger partial charge in [-0.05, 0) is 31.8 Å². The molecule has 0 unspecified atom stereocenters. The molecule has 0 aromatic heterocycles. The van der Waals surface area contributed by atoms with Crippen LogP contribution in [0.2, 0.25) is 0 Å². The summed E-state index contributed by atoms with van der Waals surface area (Å²) in [7, 11) is 1.30. The summed E-state index contributed by atoms with van der Waals surface area (Å²) >= 11 is 0. The van der Waals surface area contributed by atoms with E-state index >= 15 is 0 Å². The van der Waals surface area contributed by atoms with E-state index < -0.39 is 29.8 Å². The molecule has 4 aliphatic rings. The van der Waals surface area contributed by atoms with Crippen molar-refractivity contribution in [3.63, 3.8) is 0 Å². The van der Waals surface area contributed by atoms with Crippen LogP contribution in [0, 0.1) is 0 Å². The molecule has 0 saturated carbocycles. The lowest BCUT2D eigenvalue weighted by Gasteiger charge is -2.58. The van der Waals surface area contributed by atoms with Gasteiger partial charge in [0.2, 0.25) is 11.6 Å². The Labute approximate surface area is 146 Å². The van der Waals surface area contributed by atoms with E-state index in [-0.39, 0.29) is 12.2 Å². The number of carbonyl (C=O) groups excluding carboxylic acids is 2. The fourth-order valence-electron chi connectivity index (χ4n) is 4.28. The molecular weight excluding hydrogens is 328 g/mol. The van der Waals surface area contributed by atoms with Gasteiger partial charge in [-0.25, -0.2) is 4.79 Å². The van der Waals surface area contributed by atoms with Crippen molar-refractivity contribution in [1.82, 2.24) is 0 Å². The topological polar surface area (TPSA) is 80.3 Å². The number of methoxy groups -OCH3 is 1. The number of hydrogen-bond acceptors (Lipinski definition) is 7. The highest BCUT2D eigenvalue weighted by Crippen LogP contribution is 2.50. The van der Waals surface area contributed by atoms with E-state index in [1.165, 1.54) is 13.2 Å². The number of ether oxygens (including phenoxy) is 5. The average Bonchev–Trinajstić information content (AvgIpc) is 2.64. The minimum atomic E-state index is -1.04. The van der Waals surface area contributed by atoms with Gasteiger partial charge >= 0.3 is 5.97 Å². The van der Waals surface area contributed by atoms with Crippen molar-refractivity contribution in [2.75, 3.05) is 20.3 Å². The average molecular weight is 352 g/mol. The van der Waals surface area contributed by atoms with Crippen molar-refractivity contribution in [2.24, 2.45) is 0 Å². The number of esters is 1. The highest BCUT2D eigenvalue weighted by Gasteiger charge is 2.64. The van der Waals surface area contributed by atoms with Crippen molar-refractivity contribution in [2.45, 2.75) is 68.7 Å². The van der Waals surface area contributed by atoms with E-state index in [4.69, 9.17) is 23.7 Å². The van der Waals surface area contributed by atoms with Gasteiger partial charge in [-0.2, -0.15) is 0 Å². The van der Waals surface area contributed by atoms with Crippen LogP contribution >= 0.6 is 0 Å². The zero-order chi connectivity index (χ0) is 17.5. The van der Waals surface area contributed by atoms with Crippen molar-refractivity contribution in [3.8, 4) is 0 Å². The van der Waals surface area contributed by atoms with Crippen LogP contribution in [0.4, 0.5) is 0 Å². The summed E-state index contributed by atoms with van der Waals surface area (Å²) in [5.74, 6) is -2.84. The van der Waals surface area contributed by atoms with Gasteiger partial charge in [0.1, 0.15) is 6.10 Å². The summed E-state index contributed by atoms with van der Waals surface area (Å²) in [4.78, 5) is 24.4. The molecule has 7 nitrogen and oxygen atoms in total. The van der Waals surface area contributed by atoms with E-state index in [0.717, 1.165) is 25.7 Å². The standard InChI is InChI=1S/C18H24O7/c1-21-16(20)12-10-13(19)15-14(11-12)24-17(6-2-4-8-22-17)18(25-15)7-3-5-9-23-18/h10,14-15H,2-9,11H2,1H3/t14-,15-,17+,18+/m0/s1. The normalized spacial score (nSPS) is 41.3. The van der Waals surface area contributed by atoms with Crippen LogP contribution in [0.5, 0.6) is 0 Å². The Kier molecular flexibility index (Phi) is 4.43. The maximum Gasteiger partial charge on any atom is 0.333 e. The fraction of sp³-hybridized carbons (Fsp3) is 0.778. The quantitative estimate of drug-likeness (QED) is 0.664. The molecule has 0 N–H and O–H groups in total. The Hall–Kier alpha value is -1.28. The Morgan fingerprint density at radius 3 is 2.28 bits per heavy atom. The molecule has 2 spiro atoms. The molecule has 0 radical (unpaired) electrons. The van der Waals surface area contributed by atoms with E-state index in [1.807, 2.05) is 0 Å². The van der Waals surface area contributed by atoms with Crippen molar-refractivity contribution >= 4 is 11.8 Å². The number of rotatable bonds is 1. The number of fused-ring (bicyclic) bond motifs is 2. The third kappa shape index (κ3) is 2.73. The fourth-order valence-corrected chi connectivity index (χ4v) is 4.28. The van der Waals surface area contributed by atoms with E-state index in [1.54, 1.807) is 0 Å². The maximum absolute atomic E-state index is 12.6. The number of hydrogen-bond donors (Lipinski definition) is 0. The van der Waals surface area contributed by atoms with Crippen LogP contribution in [-0.4, -0.2) is 55.9 Å². The molecular formula is C18H24O7. The molecule has 0 aromatic carbocycles. The van der Waals surface area contributed by atoms with E-state index in [9.17, 15) is 9.59 Å². The first kappa shape index (κ1) is 17.1. The second kappa shape index (κ2) is 6.46. The third-order valence-electron chi connectivity index (χ3n) is 5.51. The largest absolute Gasteiger partial charge is 0.466 e. The van der Waals surface area contributed by atoms with Gasteiger partial charge < -0.3 is 23.7 Å².